The third kappa shape index (κ3) is 2.66. The smallest absolute Gasteiger partial charge is 0.156 e. The second-order valence-corrected chi connectivity index (χ2v) is 3.97. The van der Waals surface area contributed by atoms with E-state index in [0.717, 1.165) is 12.0 Å². The number of hydrogen-bond donors (Lipinski definition) is 1. The summed E-state index contributed by atoms with van der Waals surface area (Å²) in [5, 5.41) is 0. The zero-order valence-corrected chi connectivity index (χ0v) is 8.84. The van der Waals surface area contributed by atoms with E-state index in [4.69, 9.17) is 10.5 Å². The number of carbonyl (C=O) groups excluding carboxylic acids is 1. The van der Waals surface area contributed by atoms with E-state index in [1.54, 1.807) is 0 Å². The van der Waals surface area contributed by atoms with Crippen LogP contribution in [-0.4, -0.2) is 24.5 Å². The number of allylic oxidation sites excluding steroid dienone is 1. The summed E-state index contributed by atoms with van der Waals surface area (Å²) in [5.74, 6) is 0.118. The number of nitrogens with two attached hydrogens (primary N) is 1. The molecule has 1 heterocycles. The van der Waals surface area contributed by atoms with Crippen LogP contribution in [-0.2, 0) is 9.53 Å². The van der Waals surface area contributed by atoms with Crippen LogP contribution < -0.4 is 5.73 Å². The van der Waals surface area contributed by atoms with Gasteiger partial charge in [0.1, 0.15) is 0 Å². The second kappa shape index (κ2) is 4.71. The van der Waals surface area contributed by atoms with Crippen molar-refractivity contribution in [3.8, 4) is 0 Å². The van der Waals surface area contributed by atoms with E-state index in [0.29, 0.717) is 32.5 Å². The van der Waals surface area contributed by atoms with Crippen LogP contribution in [0.1, 0.15) is 32.6 Å². The van der Waals surface area contributed by atoms with Crippen LogP contribution in [0.2, 0.25) is 0 Å². The van der Waals surface area contributed by atoms with Gasteiger partial charge < -0.3 is 10.5 Å². The van der Waals surface area contributed by atoms with Crippen LogP contribution in [0.15, 0.2) is 12.2 Å². The van der Waals surface area contributed by atoms with Gasteiger partial charge in [-0.25, -0.2) is 0 Å². The number of Topliss-reactive ketones (excluding diaryl/α,β-unsaturated/α-hetero) is 1. The maximum atomic E-state index is 11.8. The summed E-state index contributed by atoms with van der Waals surface area (Å²) in [6.45, 7) is 7.03. The van der Waals surface area contributed by atoms with Crippen molar-refractivity contribution in [3.63, 3.8) is 0 Å². The van der Waals surface area contributed by atoms with Crippen molar-refractivity contribution in [2.24, 2.45) is 5.73 Å². The molecule has 0 spiro atoms. The van der Waals surface area contributed by atoms with Crippen LogP contribution in [0.25, 0.3) is 0 Å². The molecule has 0 aromatic rings. The predicted molar refractivity (Wildman–Crippen MR) is 56.0 cm³/mol. The Morgan fingerprint density at radius 1 is 1.50 bits per heavy atom. The Bertz CT molecular complexity index is 229. The molecule has 0 amide bonds. The van der Waals surface area contributed by atoms with E-state index in [2.05, 4.69) is 6.58 Å². The largest absolute Gasteiger partial charge is 0.381 e. The molecule has 0 aromatic heterocycles. The fourth-order valence-electron chi connectivity index (χ4n) is 1.54. The van der Waals surface area contributed by atoms with Crippen molar-refractivity contribution in [1.82, 2.24) is 0 Å². The van der Waals surface area contributed by atoms with Crippen molar-refractivity contribution in [1.29, 1.82) is 0 Å². The Balaban J connectivity index is 2.53. The van der Waals surface area contributed by atoms with Gasteiger partial charge in [0, 0.05) is 19.6 Å². The first kappa shape index (κ1) is 11.4. The van der Waals surface area contributed by atoms with Crippen molar-refractivity contribution < 1.29 is 9.53 Å². The van der Waals surface area contributed by atoms with Crippen molar-refractivity contribution in [2.75, 3.05) is 13.2 Å². The molecule has 0 atom stereocenters. The molecule has 1 fully saturated rings. The lowest BCUT2D eigenvalue weighted by Gasteiger charge is -2.32. The van der Waals surface area contributed by atoms with Crippen LogP contribution in [0.5, 0.6) is 0 Å². The van der Waals surface area contributed by atoms with Crippen LogP contribution in [0.4, 0.5) is 0 Å². The van der Waals surface area contributed by atoms with Gasteiger partial charge in [-0.3, -0.25) is 4.79 Å². The van der Waals surface area contributed by atoms with Crippen LogP contribution in [0.3, 0.4) is 0 Å². The van der Waals surface area contributed by atoms with Crippen molar-refractivity contribution >= 4 is 5.78 Å². The maximum Gasteiger partial charge on any atom is 0.156 e. The zero-order chi connectivity index (χ0) is 10.6. The average Bonchev–Trinajstić information content (AvgIpc) is 2.18. The Kier molecular flexibility index (Phi) is 3.84. The number of rotatable bonds is 4. The molecule has 14 heavy (non-hydrogen) atoms. The molecule has 0 saturated carbocycles. The summed E-state index contributed by atoms with van der Waals surface area (Å²) >= 11 is 0. The first-order valence-corrected chi connectivity index (χ1v) is 5.15. The van der Waals surface area contributed by atoms with Crippen molar-refractivity contribution in [2.45, 2.75) is 38.1 Å². The van der Waals surface area contributed by atoms with Gasteiger partial charge in [-0.05, 0) is 19.3 Å². The molecule has 1 saturated heterocycles. The fraction of sp³-hybridized carbons (Fsp3) is 0.727. The molecular formula is C11H19NO2. The first-order valence-electron chi connectivity index (χ1n) is 5.15. The third-order valence-electron chi connectivity index (χ3n) is 2.85. The molecule has 0 bridgehead atoms. The number of ether oxygens (including phenoxy) is 1. The highest BCUT2D eigenvalue weighted by molar-refractivity contribution is 5.90. The van der Waals surface area contributed by atoms with Crippen LogP contribution in [0, 0.1) is 0 Å². The standard InChI is InChI=1S/C11H19NO2/c1-3-9(2)8-10(13)11(12)4-6-14-7-5-11/h2-8,12H2,1H3. The maximum absolute atomic E-state index is 11.8. The van der Waals surface area contributed by atoms with Gasteiger partial charge in [0.2, 0.25) is 0 Å². The molecular weight excluding hydrogens is 178 g/mol. The Hall–Kier alpha value is -0.670. The highest BCUT2D eigenvalue weighted by atomic mass is 16.5. The van der Waals surface area contributed by atoms with E-state index in [9.17, 15) is 4.79 Å². The molecule has 0 radical (unpaired) electrons. The van der Waals surface area contributed by atoms with E-state index < -0.39 is 5.54 Å². The zero-order valence-electron chi connectivity index (χ0n) is 8.84. The Morgan fingerprint density at radius 2 is 2.07 bits per heavy atom. The minimum absolute atomic E-state index is 0.118. The van der Waals surface area contributed by atoms with Crippen molar-refractivity contribution in [3.05, 3.63) is 12.2 Å². The SMILES string of the molecule is C=C(CC)CC(=O)C1(N)CCOCC1. The fourth-order valence-corrected chi connectivity index (χ4v) is 1.54. The third-order valence-corrected chi connectivity index (χ3v) is 2.85. The minimum Gasteiger partial charge on any atom is -0.381 e. The summed E-state index contributed by atoms with van der Waals surface area (Å²) in [7, 11) is 0. The molecule has 2 N–H and O–H groups in total. The lowest BCUT2D eigenvalue weighted by molar-refractivity contribution is -0.126. The second-order valence-electron chi connectivity index (χ2n) is 3.97. The molecule has 3 heteroatoms. The molecule has 3 nitrogen and oxygen atoms in total. The van der Waals surface area contributed by atoms with Crippen LogP contribution >= 0.6 is 0 Å². The van der Waals surface area contributed by atoms with E-state index >= 15 is 0 Å². The normalized spacial score (nSPS) is 20.4. The topological polar surface area (TPSA) is 52.3 Å². The van der Waals surface area contributed by atoms with E-state index in [1.807, 2.05) is 6.92 Å². The number of ketones is 1. The van der Waals surface area contributed by atoms with Gasteiger partial charge in [-0.15, -0.1) is 0 Å². The summed E-state index contributed by atoms with van der Waals surface area (Å²) in [4.78, 5) is 11.8. The van der Waals surface area contributed by atoms with E-state index in [-0.39, 0.29) is 5.78 Å². The molecule has 0 aliphatic carbocycles. The highest BCUT2D eigenvalue weighted by Crippen LogP contribution is 2.22. The Labute approximate surface area is 85.3 Å². The molecule has 1 aliphatic rings. The summed E-state index contributed by atoms with van der Waals surface area (Å²) in [6.07, 6.45) is 2.55. The summed E-state index contributed by atoms with van der Waals surface area (Å²) in [6, 6.07) is 0. The molecule has 1 rings (SSSR count). The average molecular weight is 197 g/mol. The molecule has 1 aliphatic heterocycles. The predicted octanol–water partition coefficient (Wildman–Crippen LogP) is 1.42. The summed E-state index contributed by atoms with van der Waals surface area (Å²) < 4.78 is 5.19. The summed E-state index contributed by atoms with van der Waals surface area (Å²) in [5.41, 5.74) is 6.34. The monoisotopic (exact) mass is 197 g/mol. The van der Waals surface area contributed by atoms with E-state index in [1.165, 1.54) is 0 Å². The van der Waals surface area contributed by atoms with Gasteiger partial charge in [0.15, 0.2) is 5.78 Å². The van der Waals surface area contributed by atoms with Gasteiger partial charge in [0.05, 0.1) is 5.54 Å². The highest BCUT2D eigenvalue weighted by Gasteiger charge is 2.35. The Morgan fingerprint density at radius 3 is 2.57 bits per heavy atom. The molecule has 0 unspecified atom stereocenters. The lowest BCUT2D eigenvalue weighted by atomic mass is 9.84. The lowest BCUT2D eigenvalue weighted by Crippen LogP contribution is -2.51. The number of hydrogen-bond acceptors (Lipinski definition) is 3. The van der Waals surface area contributed by atoms with Gasteiger partial charge >= 0.3 is 0 Å². The van der Waals surface area contributed by atoms with Gasteiger partial charge in [-0.1, -0.05) is 19.1 Å². The van der Waals surface area contributed by atoms with Gasteiger partial charge in [0.25, 0.3) is 0 Å². The minimum atomic E-state index is -0.656. The first-order chi connectivity index (χ1) is 6.58. The van der Waals surface area contributed by atoms with Gasteiger partial charge in [-0.2, -0.15) is 0 Å². The molecule has 80 valence electrons. The quantitative estimate of drug-likeness (QED) is 0.693. The molecule has 0 aromatic carbocycles. The number of carbonyl (C=O) groups is 1.